The molecule has 0 aliphatic carbocycles. The first-order valence-corrected chi connectivity index (χ1v) is 7.18. The van der Waals surface area contributed by atoms with Gasteiger partial charge in [-0.1, -0.05) is 18.2 Å². The van der Waals surface area contributed by atoms with E-state index in [0.29, 0.717) is 17.9 Å². The largest absolute Gasteiger partial charge is 0.483 e. The summed E-state index contributed by atoms with van der Waals surface area (Å²) in [6.07, 6.45) is 0. The Morgan fingerprint density at radius 1 is 1.19 bits per heavy atom. The second-order valence-electron chi connectivity index (χ2n) is 4.13. The molecule has 0 aliphatic heterocycles. The molecule has 2 rings (SSSR count). The van der Waals surface area contributed by atoms with E-state index in [-0.39, 0.29) is 12.5 Å². The lowest BCUT2D eigenvalue weighted by Crippen LogP contribution is -2.28. The third kappa shape index (κ3) is 4.32. The summed E-state index contributed by atoms with van der Waals surface area (Å²) in [5.74, 6) is -0.414. The number of thiophene rings is 1. The first-order valence-electron chi connectivity index (χ1n) is 6.30. The number of rotatable bonds is 6. The van der Waals surface area contributed by atoms with E-state index in [0.717, 1.165) is 4.88 Å². The maximum Gasteiger partial charge on any atom is 0.341 e. The Morgan fingerprint density at radius 2 is 2.00 bits per heavy atom. The molecule has 6 heteroatoms. The van der Waals surface area contributed by atoms with Crippen molar-refractivity contribution >= 4 is 23.2 Å². The van der Waals surface area contributed by atoms with Crippen LogP contribution in [0.2, 0.25) is 0 Å². The Morgan fingerprint density at radius 3 is 2.71 bits per heavy atom. The Hall–Kier alpha value is -2.34. The van der Waals surface area contributed by atoms with Gasteiger partial charge >= 0.3 is 5.97 Å². The zero-order chi connectivity index (χ0) is 15.1. The zero-order valence-corrected chi connectivity index (χ0v) is 12.3. The number of hydrogen-bond donors (Lipinski definition) is 1. The van der Waals surface area contributed by atoms with Crippen molar-refractivity contribution in [1.82, 2.24) is 5.32 Å². The highest BCUT2D eigenvalue weighted by atomic mass is 32.1. The van der Waals surface area contributed by atoms with Gasteiger partial charge in [-0.2, -0.15) is 0 Å². The molecule has 2 aromatic rings. The quantitative estimate of drug-likeness (QED) is 0.831. The van der Waals surface area contributed by atoms with E-state index in [4.69, 9.17) is 4.74 Å². The number of methoxy groups -OCH3 is 1. The average molecular weight is 305 g/mol. The number of esters is 1. The molecule has 0 atom stereocenters. The van der Waals surface area contributed by atoms with Gasteiger partial charge in [0, 0.05) is 4.88 Å². The van der Waals surface area contributed by atoms with Crippen molar-refractivity contribution in [2.75, 3.05) is 13.7 Å². The fraction of sp³-hybridized carbons (Fsp3) is 0.200. The second kappa shape index (κ2) is 7.44. The highest BCUT2D eigenvalue weighted by Gasteiger charge is 2.13. The molecule has 0 saturated carbocycles. The van der Waals surface area contributed by atoms with Crippen LogP contribution in [0, 0.1) is 0 Å². The molecule has 1 aromatic heterocycles. The molecule has 0 unspecified atom stereocenters. The minimum absolute atomic E-state index is 0.153. The molecule has 0 aliphatic rings. The zero-order valence-electron chi connectivity index (χ0n) is 11.5. The number of carbonyl (C=O) groups excluding carboxylic acids is 2. The van der Waals surface area contributed by atoms with Crippen LogP contribution in [0.1, 0.15) is 15.2 Å². The van der Waals surface area contributed by atoms with E-state index in [1.807, 2.05) is 17.5 Å². The van der Waals surface area contributed by atoms with E-state index in [1.165, 1.54) is 7.11 Å². The number of benzene rings is 1. The van der Waals surface area contributed by atoms with E-state index >= 15 is 0 Å². The third-order valence-electron chi connectivity index (χ3n) is 2.69. The summed E-state index contributed by atoms with van der Waals surface area (Å²) in [4.78, 5) is 24.3. The topological polar surface area (TPSA) is 64.6 Å². The van der Waals surface area contributed by atoms with Gasteiger partial charge < -0.3 is 14.8 Å². The van der Waals surface area contributed by atoms with Crippen LogP contribution in [0.5, 0.6) is 5.75 Å². The van der Waals surface area contributed by atoms with Crippen LogP contribution in [0.4, 0.5) is 0 Å². The Bertz CT molecular complexity index is 610. The molecule has 0 saturated heterocycles. The molecule has 5 nitrogen and oxygen atoms in total. The number of para-hydroxylation sites is 1. The molecule has 1 N–H and O–H groups in total. The van der Waals surface area contributed by atoms with Crippen molar-refractivity contribution in [3.05, 3.63) is 52.2 Å². The van der Waals surface area contributed by atoms with Gasteiger partial charge in [-0.15, -0.1) is 11.3 Å². The van der Waals surface area contributed by atoms with Gasteiger partial charge in [0.15, 0.2) is 6.61 Å². The maximum atomic E-state index is 11.7. The molecule has 1 amide bonds. The van der Waals surface area contributed by atoms with Crippen LogP contribution in [-0.2, 0) is 16.1 Å². The van der Waals surface area contributed by atoms with E-state index in [1.54, 1.807) is 35.6 Å². The number of amides is 1. The van der Waals surface area contributed by atoms with Gasteiger partial charge in [0.25, 0.3) is 5.91 Å². The van der Waals surface area contributed by atoms with Crippen molar-refractivity contribution in [1.29, 1.82) is 0 Å². The minimum Gasteiger partial charge on any atom is -0.483 e. The number of ether oxygens (including phenoxy) is 2. The van der Waals surface area contributed by atoms with Crippen molar-refractivity contribution in [3.63, 3.8) is 0 Å². The minimum atomic E-state index is -0.496. The summed E-state index contributed by atoms with van der Waals surface area (Å²) in [7, 11) is 1.30. The molecule has 0 bridgehead atoms. The lowest BCUT2D eigenvalue weighted by Gasteiger charge is -2.10. The molecule has 1 aromatic carbocycles. The van der Waals surface area contributed by atoms with Gasteiger partial charge in [-0.25, -0.2) is 4.79 Å². The van der Waals surface area contributed by atoms with Gasteiger partial charge in [-0.05, 0) is 23.6 Å². The monoisotopic (exact) mass is 305 g/mol. The summed E-state index contributed by atoms with van der Waals surface area (Å²) < 4.78 is 10.0. The summed E-state index contributed by atoms with van der Waals surface area (Å²) in [5.41, 5.74) is 0.297. The summed E-state index contributed by atoms with van der Waals surface area (Å²) in [6.45, 7) is 0.317. The smallest absolute Gasteiger partial charge is 0.341 e. The number of hydrogen-bond acceptors (Lipinski definition) is 5. The predicted octanol–water partition coefficient (Wildman–Crippen LogP) is 2.23. The third-order valence-corrected chi connectivity index (χ3v) is 3.57. The number of nitrogens with one attached hydrogen (secondary N) is 1. The highest BCUT2D eigenvalue weighted by Crippen LogP contribution is 2.18. The van der Waals surface area contributed by atoms with Crippen molar-refractivity contribution < 1.29 is 19.1 Å². The Kier molecular flexibility index (Phi) is 5.34. The first-order chi connectivity index (χ1) is 10.2. The molecule has 0 fully saturated rings. The molecule has 0 radical (unpaired) electrons. The van der Waals surface area contributed by atoms with Crippen LogP contribution >= 0.6 is 11.3 Å². The average Bonchev–Trinajstić information content (AvgIpc) is 3.04. The van der Waals surface area contributed by atoms with Crippen LogP contribution in [0.15, 0.2) is 41.8 Å². The first kappa shape index (κ1) is 15.1. The molecule has 21 heavy (non-hydrogen) atoms. The van der Waals surface area contributed by atoms with Gasteiger partial charge in [-0.3, -0.25) is 4.79 Å². The standard InChI is InChI=1S/C15H15NO4S/c1-19-15(18)12-6-2-3-7-13(12)20-10-14(17)16-9-11-5-4-8-21-11/h2-8H,9-10H2,1H3,(H,16,17). The highest BCUT2D eigenvalue weighted by molar-refractivity contribution is 7.09. The van der Waals surface area contributed by atoms with Crippen molar-refractivity contribution in [3.8, 4) is 5.75 Å². The second-order valence-corrected chi connectivity index (χ2v) is 5.16. The van der Waals surface area contributed by atoms with Gasteiger partial charge in [0.2, 0.25) is 0 Å². The predicted molar refractivity (Wildman–Crippen MR) is 79.4 cm³/mol. The fourth-order valence-corrected chi connectivity index (χ4v) is 2.31. The summed E-state index contributed by atoms with van der Waals surface area (Å²) in [5, 5.41) is 4.70. The fourth-order valence-electron chi connectivity index (χ4n) is 1.66. The molecule has 0 spiro atoms. The number of carbonyl (C=O) groups is 2. The lowest BCUT2D eigenvalue weighted by atomic mass is 10.2. The van der Waals surface area contributed by atoms with Crippen LogP contribution in [-0.4, -0.2) is 25.6 Å². The lowest BCUT2D eigenvalue weighted by molar-refractivity contribution is -0.123. The van der Waals surface area contributed by atoms with Gasteiger partial charge in [0.05, 0.1) is 13.7 Å². The summed E-state index contributed by atoms with van der Waals surface area (Å²) >= 11 is 1.57. The Balaban J connectivity index is 1.88. The van der Waals surface area contributed by atoms with E-state index < -0.39 is 5.97 Å². The van der Waals surface area contributed by atoms with Crippen LogP contribution in [0.25, 0.3) is 0 Å². The normalized spacial score (nSPS) is 9.95. The van der Waals surface area contributed by atoms with Crippen LogP contribution in [0.3, 0.4) is 0 Å². The molecule has 1 heterocycles. The SMILES string of the molecule is COC(=O)c1ccccc1OCC(=O)NCc1cccs1. The molecular weight excluding hydrogens is 290 g/mol. The van der Waals surface area contributed by atoms with Crippen molar-refractivity contribution in [2.24, 2.45) is 0 Å². The summed E-state index contributed by atoms with van der Waals surface area (Å²) in [6, 6.07) is 10.5. The van der Waals surface area contributed by atoms with E-state index in [2.05, 4.69) is 10.1 Å². The van der Waals surface area contributed by atoms with E-state index in [9.17, 15) is 9.59 Å². The van der Waals surface area contributed by atoms with Gasteiger partial charge in [0.1, 0.15) is 11.3 Å². The van der Waals surface area contributed by atoms with Crippen molar-refractivity contribution in [2.45, 2.75) is 6.54 Å². The maximum absolute atomic E-state index is 11.7. The Labute approximate surface area is 126 Å². The molecular formula is C15H15NO4S. The van der Waals surface area contributed by atoms with Crippen LogP contribution < -0.4 is 10.1 Å². The molecule has 110 valence electrons.